The Kier molecular flexibility index (Phi) is 6.52. The third-order valence-electron chi connectivity index (χ3n) is 4.16. The molecule has 0 saturated heterocycles. The van der Waals surface area contributed by atoms with Gasteiger partial charge in [-0.1, -0.05) is 35.3 Å². The fourth-order valence-electron chi connectivity index (χ4n) is 2.58. The number of nitrogens with one attached hydrogen (secondary N) is 1. The van der Waals surface area contributed by atoms with E-state index in [0.717, 1.165) is 5.56 Å². The fraction of sp³-hybridized carbons (Fsp3) is 0.150. The van der Waals surface area contributed by atoms with Gasteiger partial charge in [0.25, 0.3) is 10.0 Å². The van der Waals surface area contributed by atoms with Crippen molar-refractivity contribution >= 4 is 44.8 Å². The molecule has 0 aliphatic heterocycles. The van der Waals surface area contributed by atoms with Crippen LogP contribution in [0.15, 0.2) is 70.2 Å². The lowest BCUT2D eigenvalue weighted by atomic mass is 10.1. The van der Waals surface area contributed by atoms with Crippen molar-refractivity contribution in [3.8, 4) is 0 Å². The number of anilines is 1. The normalized spacial score (nSPS) is 11.3. The Balaban J connectivity index is 1.63. The highest BCUT2D eigenvalue weighted by Crippen LogP contribution is 2.26. The summed E-state index contributed by atoms with van der Waals surface area (Å²) in [4.78, 5) is 13.9. The Morgan fingerprint density at radius 3 is 2.41 bits per heavy atom. The van der Waals surface area contributed by atoms with E-state index < -0.39 is 10.0 Å². The molecule has 1 amide bonds. The Bertz CT molecular complexity index is 1100. The van der Waals surface area contributed by atoms with Crippen molar-refractivity contribution in [2.24, 2.45) is 0 Å². The van der Waals surface area contributed by atoms with Gasteiger partial charge in [-0.3, -0.25) is 9.52 Å². The second-order valence-electron chi connectivity index (χ2n) is 6.38. The number of nitrogens with zero attached hydrogens (tertiary/aromatic N) is 1. The average Bonchev–Trinajstić information content (AvgIpc) is 3.18. The molecule has 2 aromatic carbocycles. The van der Waals surface area contributed by atoms with E-state index in [2.05, 4.69) is 4.72 Å². The number of furan rings is 1. The van der Waals surface area contributed by atoms with Crippen LogP contribution < -0.4 is 4.72 Å². The lowest BCUT2D eigenvalue weighted by Crippen LogP contribution is -2.27. The van der Waals surface area contributed by atoms with Crippen LogP contribution in [0.2, 0.25) is 10.0 Å². The van der Waals surface area contributed by atoms with Gasteiger partial charge in [-0.05, 0) is 48.0 Å². The molecule has 0 fully saturated rings. The zero-order valence-corrected chi connectivity index (χ0v) is 17.8. The molecule has 1 aromatic heterocycles. The summed E-state index contributed by atoms with van der Waals surface area (Å²) in [6.07, 6.45) is 1.75. The number of carbonyl (C=O) groups excluding carboxylic acids is 1. The fourth-order valence-corrected chi connectivity index (χ4v) is 4.03. The second-order valence-corrected chi connectivity index (χ2v) is 8.88. The molecule has 0 unspecified atom stereocenters. The van der Waals surface area contributed by atoms with Crippen LogP contribution in [0.25, 0.3) is 0 Å². The molecule has 0 bridgehead atoms. The number of halogens is 2. The number of amides is 1. The quantitative estimate of drug-likeness (QED) is 0.568. The average molecular weight is 453 g/mol. The van der Waals surface area contributed by atoms with Crippen molar-refractivity contribution in [2.75, 3.05) is 11.8 Å². The third-order valence-corrected chi connectivity index (χ3v) is 6.28. The largest absolute Gasteiger partial charge is 0.467 e. The maximum atomic E-state index is 12.5. The highest BCUT2D eigenvalue weighted by molar-refractivity contribution is 7.92. The van der Waals surface area contributed by atoms with Crippen LogP contribution in [0.5, 0.6) is 0 Å². The summed E-state index contributed by atoms with van der Waals surface area (Å²) in [5.74, 6) is 0.624. The van der Waals surface area contributed by atoms with Gasteiger partial charge < -0.3 is 9.32 Å². The molecule has 6 nitrogen and oxygen atoms in total. The third kappa shape index (κ3) is 5.53. The van der Waals surface area contributed by atoms with Crippen molar-refractivity contribution in [2.45, 2.75) is 17.9 Å². The van der Waals surface area contributed by atoms with Crippen molar-refractivity contribution in [1.82, 2.24) is 4.90 Å². The number of likely N-dealkylation sites (N-methyl/N-ethyl adjacent to an activating group) is 1. The predicted octanol–water partition coefficient (Wildman–Crippen LogP) is 4.59. The summed E-state index contributed by atoms with van der Waals surface area (Å²) in [6, 6.07) is 14.3. The minimum absolute atomic E-state index is 0.00528. The van der Waals surface area contributed by atoms with Crippen molar-refractivity contribution in [3.63, 3.8) is 0 Å². The lowest BCUT2D eigenvalue weighted by molar-refractivity contribution is -0.129. The maximum Gasteiger partial charge on any atom is 0.261 e. The summed E-state index contributed by atoms with van der Waals surface area (Å²) in [5, 5.41) is 0.429. The zero-order valence-electron chi connectivity index (χ0n) is 15.4. The van der Waals surface area contributed by atoms with Gasteiger partial charge in [0.2, 0.25) is 5.91 Å². The Morgan fingerprint density at radius 2 is 1.79 bits per heavy atom. The summed E-state index contributed by atoms with van der Waals surface area (Å²) in [7, 11) is -2.11. The van der Waals surface area contributed by atoms with Crippen LogP contribution in [0.4, 0.5) is 5.69 Å². The first-order chi connectivity index (χ1) is 13.7. The van der Waals surface area contributed by atoms with Crippen LogP contribution in [0.3, 0.4) is 0 Å². The van der Waals surface area contributed by atoms with E-state index in [1.165, 1.54) is 18.2 Å². The molecule has 0 aliphatic carbocycles. The molecule has 3 aromatic rings. The van der Waals surface area contributed by atoms with Gasteiger partial charge in [-0.2, -0.15) is 0 Å². The van der Waals surface area contributed by atoms with Gasteiger partial charge in [-0.25, -0.2) is 8.42 Å². The van der Waals surface area contributed by atoms with Gasteiger partial charge in [0.1, 0.15) is 5.76 Å². The van der Waals surface area contributed by atoms with Gasteiger partial charge in [0.05, 0.1) is 34.2 Å². The molecule has 3 rings (SSSR count). The molecule has 0 radical (unpaired) electrons. The molecule has 0 atom stereocenters. The van der Waals surface area contributed by atoms with Crippen LogP contribution in [0, 0.1) is 0 Å². The maximum absolute atomic E-state index is 12.5. The van der Waals surface area contributed by atoms with E-state index in [0.29, 0.717) is 18.0 Å². The first kappa shape index (κ1) is 21.2. The van der Waals surface area contributed by atoms with Crippen molar-refractivity contribution < 1.29 is 17.6 Å². The predicted molar refractivity (Wildman–Crippen MR) is 113 cm³/mol. The molecule has 9 heteroatoms. The monoisotopic (exact) mass is 452 g/mol. The molecule has 0 saturated carbocycles. The summed E-state index contributed by atoms with van der Waals surface area (Å²) in [6.45, 7) is 0.382. The molecule has 0 aliphatic rings. The molecule has 29 heavy (non-hydrogen) atoms. The van der Waals surface area contributed by atoms with Crippen molar-refractivity contribution in [1.29, 1.82) is 0 Å². The molecule has 1 heterocycles. The highest BCUT2D eigenvalue weighted by Gasteiger charge is 2.16. The smallest absolute Gasteiger partial charge is 0.261 e. The van der Waals surface area contributed by atoms with E-state index in [9.17, 15) is 13.2 Å². The zero-order chi connectivity index (χ0) is 21.0. The number of carbonyl (C=O) groups is 1. The van der Waals surface area contributed by atoms with E-state index in [1.54, 1.807) is 54.6 Å². The lowest BCUT2D eigenvalue weighted by Gasteiger charge is -2.16. The molecular formula is C20H18Cl2N2O4S. The van der Waals surface area contributed by atoms with Crippen molar-refractivity contribution in [3.05, 3.63) is 82.2 Å². The number of hydrogen-bond acceptors (Lipinski definition) is 4. The SMILES string of the molecule is CN(Cc1ccco1)C(=O)Cc1ccc(NS(=O)(=O)c2ccc(Cl)c(Cl)c2)cc1. The summed E-state index contributed by atoms with van der Waals surface area (Å²) < 4.78 is 32.7. The minimum atomic E-state index is -3.81. The second kappa shape index (κ2) is 8.90. The first-order valence-corrected chi connectivity index (χ1v) is 10.8. The minimum Gasteiger partial charge on any atom is -0.467 e. The van der Waals surface area contributed by atoms with Crippen LogP contribution >= 0.6 is 23.2 Å². The first-order valence-electron chi connectivity index (χ1n) is 8.58. The van der Waals surface area contributed by atoms with E-state index in [1.807, 2.05) is 0 Å². The van der Waals surface area contributed by atoms with E-state index in [4.69, 9.17) is 27.6 Å². The molecule has 152 valence electrons. The van der Waals surface area contributed by atoms with E-state index in [-0.39, 0.29) is 27.3 Å². The van der Waals surface area contributed by atoms with Gasteiger partial charge in [-0.15, -0.1) is 0 Å². The molecule has 0 spiro atoms. The summed E-state index contributed by atoms with van der Waals surface area (Å²) in [5.41, 5.74) is 1.13. The Hall–Kier alpha value is -2.48. The summed E-state index contributed by atoms with van der Waals surface area (Å²) >= 11 is 11.7. The van der Waals surface area contributed by atoms with Gasteiger partial charge in [0, 0.05) is 12.7 Å². The highest BCUT2D eigenvalue weighted by atomic mass is 35.5. The standard InChI is InChI=1S/C20H18Cl2N2O4S/c1-24(13-16-3-2-10-28-16)20(25)11-14-4-6-15(7-5-14)23-29(26,27)17-8-9-18(21)19(22)12-17/h2-10,12,23H,11,13H2,1H3. The van der Waals surface area contributed by atoms with Gasteiger partial charge >= 0.3 is 0 Å². The Morgan fingerprint density at radius 1 is 1.07 bits per heavy atom. The number of benzene rings is 2. The van der Waals surface area contributed by atoms with Crippen LogP contribution in [-0.2, 0) is 27.8 Å². The molecular weight excluding hydrogens is 435 g/mol. The number of rotatable bonds is 7. The molecule has 1 N–H and O–H groups in total. The van der Waals surface area contributed by atoms with E-state index >= 15 is 0 Å². The van der Waals surface area contributed by atoms with Crippen LogP contribution in [0.1, 0.15) is 11.3 Å². The topological polar surface area (TPSA) is 79.6 Å². The van der Waals surface area contributed by atoms with Gasteiger partial charge in [0.15, 0.2) is 0 Å². The number of hydrogen-bond donors (Lipinski definition) is 1. The van der Waals surface area contributed by atoms with Crippen LogP contribution in [-0.4, -0.2) is 26.3 Å². The Labute approximate surface area is 179 Å². The number of sulfonamides is 1.